The van der Waals surface area contributed by atoms with Crippen LogP contribution >= 0.6 is 22.0 Å². The molecule has 0 fully saturated rings. The zero-order chi connectivity index (χ0) is 16.9. The van der Waals surface area contributed by atoms with E-state index in [1.54, 1.807) is 19.9 Å². The highest BCUT2D eigenvalue weighted by Gasteiger charge is 2.38. The summed E-state index contributed by atoms with van der Waals surface area (Å²) < 4.78 is 18.0. The van der Waals surface area contributed by atoms with Gasteiger partial charge in [0.25, 0.3) is 0 Å². The van der Waals surface area contributed by atoms with E-state index >= 15 is 0 Å². The van der Waals surface area contributed by atoms with Crippen molar-refractivity contribution in [1.82, 2.24) is 0 Å². The number of rotatable bonds is 3. The Labute approximate surface area is 138 Å². The standard InChI is InChI=1S/C14H26ClNO2S2Si/c1-10-11(14(5,6)17)9-12(19-10)20(15,18)16-21(7,8)13(2,3)4/h9,17H,1-8H3. The summed E-state index contributed by atoms with van der Waals surface area (Å²) in [5.74, 6) is 0. The van der Waals surface area contributed by atoms with Crippen LogP contribution in [0.15, 0.2) is 14.3 Å². The number of thiophene rings is 1. The number of hydrogen-bond acceptors (Lipinski definition) is 4. The molecule has 1 unspecified atom stereocenters. The fraction of sp³-hybridized carbons (Fsp3) is 0.714. The highest BCUT2D eigenvalue weighted by Crippen LogP contribution is 2.41. The highest BCUT2D eigenvalue weighted by molar-refractivity contribution is 8.17. The maximum Gasteiger partial charge on any atom is 0.194 e. The molecule has 1 aromatic rings. The second-order valence-corrected chi connectivity index (χ2v) is 16.9. The van der Waals surface area contributed by atoms with E-state index in [0.717, 1.165) is 10.4 Å². The van der Waals surface area contributed by atoms with Gasteiger partial charge in [0.2, 0.25) is 0 Å². The van der Waals surface area contributed by atoms with E-state index < -0.39 is 22.8 Å². The van der Waals surface area contributed by atoms with Crippen molar-refractivity contribution in [2.45, 2.75) is 69.5 Å². The third kappa shape index (κ3) is 4.32. The van der Waals surface area contributed by atoms with Gasteiger partial charge in [-0.1, -0.05) is 20.8 Å². The van der Waals surface area contributed by atoms with E-state index in [4.69, 9.17) is 10.7 Å². The Morgan fingerprint density at radius 1 is 1.29 bits per heavy atom. The first kappa shape index (κ1) is 19.2. The average Bonchev–Trinajstić information content (AvgIpc) is 2.56. The van der Waals surface area contributed by atoms with Crippen molar-refractivity contribution >= 4 is 39.2 Å². The molecule has 0 radical (unpaired) electrons. The number of hydrogen-bond donors (Lipinski definition) is 1. The summed E-state index contributed by atoms with van der Waals surface area (Å²) in [5, 5.41) is 10.1. The van der Waals surface area contributed by atoms with Crippen LogP contribution in [0.25, 0.3) is 0 Å². The van der Waals surface area contributed by atoms with Crippen LogP contribution < -0.4 is 0 Å². The number of halogens is 1. The number of aliphatic hydroxyl groups is 1. The Balaban J connectivity index is 3.43. The third-order valence-corrected chi connectivity index (χ3v) is 14.2. The molecule has 1 aromatic heterocycles. The van der Waals surface area contributed by atoms with Gasteiger partial charge in [-0.25, -0.2) is 4.21 Å². The van der Waals surface area contributed by atoms with Crippen LogP contribution in [0.1, 0.15) is 45.1 Å². The molecule has 122 valence electrons. The molecule has 0 aliphatic carbocycles. The van der Waals surface area contributed by atoms with Crippen molar-refractivity contribution in [3.05, 3.63) is 16.5 Å². The van der Waals surface area contributed by atoms with Crippen LogP contribution in [-0.2, 0) is 14.5 Å². The third-order valence-electron chi connectivity index (χ3n) is 3.98. The molecule has 0 spiro atoms. The van der Waals surface area contributed by atoms with E-state index in [1.165, 1.54) is 11.3 Å². The zero-order valence-corrected chi connectivity index (χ0v) is 17.5. The van der Waals surface area contributed by atoms with Gasteiger partial charge in [0.1, 0.15) is 4.21 Å². The molecular weight excluding hydrogens is 342 g/mol. The molecular formula is C14H26ClNO2S2Si. The van der Waals surface area contributed by atoms with Gasteiger partial charge in [-0.15, -0.1) is 11.3 Å². The molecule has 0 saturated carbocycles. The minimum atomic E-state index is -2.95. The Bertz CT molecular complexity index is 645. The van der Waals surface area contributed by atoms with Gasteiger partial charge in [-0.2, -0.15) is 0 Å². The molecule has 1 rings (SSSR count). The first-order valence-corrected chi connectivity index (χ1v) is 13.0. The fourth-order valence-corrected chi connectivity index (χ4v) is 9.72. The quantitative estimate of drug-likeness (QED) is 0.584. The molecule has 0 saturated heterocycles. The van der Waals surface area contributed by atoms with Crippen molar-refractivity contribution in [2.24, 2.45) is 4.03 Å². The molecule has 0 aromatic carbocycles. The molecule has 3 nitrogen and oxygen atoms in total. The van der Waals surface area contributed by atoms with Gasteiger partial charge >= 0.3 is 0 Å². The monoisotopic (exact) mass is 367 g/mol. The van der Waals surface area contributed by atoms with E-state index in [9.17, 15) is 9.32 Å². The van der Waals surface area contributed by atoms with Crippen LogP contribution in [0.5, 0.6) is 0 Å². The molecule has 0 aliphatic heterocycles. The van der Waals surface area contributed by atoms with Crippen molar-refractivity contribution < 1.29 is 9.32 Å². The largest absolute Gasteiger partial charge is 0.386 e. The topological polar surface area (TPSA) is 49.7 Å². The average molecular weight is 368 g/mol. The zero-order valence-electron chi connectivity index (χ0n) is 14.1. The lowest BCUT2D eigenvalue weighted by molar-refractivity contribution is 0.0783. The predicted molar refractivity (Wildman–Crippen MR) is 96.2 cm³/mol. The fourth-order valence-electron chi connectivity index (χ4n) is 1.66. The van der Waals surface area contributed by atoms with Crippen LogP contribution in [0.4, 0.5) is 0 Å². The van der Waals surface area contributed by atoms with Crippen LogP contribution in [0.2, 0.25) is 18.1 Å². The molecule has 1 atom stereocenters. The minimum Gasteiger partial charge on any atom is -0.386 e. The lowest BCUT2D eigenvalue weighted by Gasteiger charge is -2.32. The Morgan fingerprint density at radius 3 is 2.10 bits per heavy atom. The molecule has 0 bridgehead atoms. The molecule has 0 aliphatic rings. The van der Waals surface area contributed by atoms with E-state index in [2.05, 4.69) is 37.9 Å². The summed E-state index contributed by atoms with van der Waals surface area (Å²) in [7, 11) is 1.25. The van der Waals surface area contributed by atoms with Crippen LogP contribution in [0, 0.1) is 6.92 Å². The van der Waals surface area contributed by atoms with Gasteiger partial charge in [0.15, 0.2) is 17.2 Å². The molecule has 1 N–H and O–H groups in total. The van der Waals surface area contributed by atoms with Gasteiger partial charge in [0, 0.05) is 15.6 Å². The first-order chi connectivity index (χ1) is 9.08. The SMILES string of the molecule is Cc1sc(S(=O)(Cl)=N[Si](C)(C)C(C)(C)C)cc1C(C)(C)O. The second-order valence-electron chi connectivity index (χ2n) is 7.45. The summed E-state index contributed by atoms with van der Waals surface area (Å²) in [6.45, 7) is 15.8. The van der Waals surface area contributed by atoms with Crippen molar-refractivity contribution in [3.8, 4) is 0 Å². The Morgan fingerprint density at radius 2 is 1.76 bits per heavy atom. The van der Waals surface area contributed by atoms with E-state index in [1.807, 2.05) is 6.92 Å². The normalized spacial score (nSPS) is 16.7. The highest BCUT2D eigenvalue weighted by atomic mass is 35.7. The minimum absolute atomic E-state index is 0.0179. The molecule has 1 heterocycles. The first-order valence-electron chi connectivity index (χ1n) is 6.89. The lowest BCUT2D eigenvalue weighted by atomic mass is 10.00. The van der Waals surface area contributed by atoms with Crippen molar-refractivity contribution in [1.29, 1.82) is 0 Å². The maximum atomic E-state index is 12.9. The summed E-state index contributed by atoms with van der Waals surface area (Å²) in [5.41, 5.74) is -0.205. The van der Waals surface area contributed by atoms with Crippen molar-refractivity contribution in [3.63, 3.8) is 0 Å². The van der Waals surface area contributed by atoms with Crippen LogP contribution in [-0.4, -0.2) is 17.6 Å². The summed E-state index contributed by atoms with van der Waals surface area (Å²) in [6.07, 6.45) is 0. The van der Waals surface area contributed by atoms with Gasteiger partial charge in [0.05, 0.1) is 5.60 Å². The summed E-state index contributed by atoms with van der Waals surface area (Å²) in [6, 6.07) is 1.74. The van der Waals surface area contributed by atoms with Crippen molar-refractivity contribution in [2.75, 3.05) is 0 Å². The predicted octanol–water partition coefficient (Wildman–Crippen LogP) is 5.27. The van der Waals surface area contributed by atoms with E-state index in [-0.39, 0.29) is 5.04 Å². The Hall–Kier alpha value is 0.117. The smallest absolute Gasteiger partial charge is 0.194 e. The van der Waals surface area contributed by atoms with Crippen LogP contribution in [0.3, 0.4) is 0 Å². The summed E-state index contributed by atoms with van der Waals surface area (Å²) in [4.78, 5) is 0.927. The molecule has 21 heavy (non-hydrogen) atoms. The number of aryl methyl sites for hydroxylation is 1. The lowest BCUT2D eigenvalue weighted by Crippen LogP contribution is -2.35. The number of nitrogens with zero attached hydrogens (tertiary/aromatic N) is 1. The summed E-state index contributed by atoms with van der Waals surface area (Å²) >= 11 is 1.36. The maximum absolute atomic E-state index is 12.9. The van der Waals surface area contributed by atoms with Gasteiger partial charge in [-0.3, -0.25) is 4.03 Å². The second kappa shape index (κ2) is 5.64. The van der Waals surface area contributed by atoms with E-state index in [0.29, 0.717) is 4.21 Å². The molecule has 7 heteroatoms. The Kier molecular flexibility index (Phi) is 5.14. The molecule has 0 amide bonds. The van der Waals surface area contributed by atoms with Gasteiger partial charge in [-0.05, 0) is 50.5 Å². The van der Waals surface area contributed by atoms with Gasteiger partial charge < -0.3 is 5.11 Å².